The monoisotopic (exact) mass is 383 g/mol. The number of nitro benzene ring substituents is 1. The lowest BCUT2D eigenvalue weighted by Gasteiger charge is -2.03. The number of carbonyl (C=O) groups excluding carboxylic acids is 1. The number of para-hydroxylation sites is 1. The zero-order valence-electron chi connectivity index (χ0n) is 14.0. The Labute approximate surface area is 157 Å². The Morgan fingerprint density at radius 3 is 2.74 bits per heavy atom. The van der Waals surface area contributed by atoms with Crippen LogP contribution in [0.3, 0.4) is 0 Å². The second kappa shape index (κ2) is 7.42. The highest BCUT2D eigenvalue weighted by Gasteiger charge is 2.25. The number of benzene rings is 2. The van der Waals surface area contributed by atoms with E-state index in [0.29, 0.717) is 11.3 Å². The molecule has 2 N–H and O–H groups in total. The fourth-order valence-corrected chi connectivity index (χ4v) is 3.20. The first-order valence-corrected chi connectivity index (χ1v) is 8.54. The van der Waals surface area contributed by atoms with Crippen molar-refractivity contribution in [2.24, 2.45) is 4.99 Å². The van der Waals surface area contributed by atoms with Crippen LogP contribution >= 0.6 is 11.8 Å². The maximum absolute atomic E-state index is 12.2. The van der Waals surface area contributed by atoms with Crippen LogP contribution in [0.15, 0.2) is 52.4 Å². The van der Waals surface area contributed by atoms with Gasteiger partial charge in [-0.2, -0.15) is 0 Å². The molecule has 0 bridgehead atoms. The summed E-state index contributed by atoms with van der Waals surface area (Å²) < 4.78 is 0. The summed E-state index contributed by atoms with van der Waals surface area (Å²) in [4.78, 5) is 38.4. The molecule has 8 nitrogen and oxygen atoms in total. The summed E-state index contributed by atoms with van der Waals surface area (Å²) in [6.45, 7) is 1.77. The molecule has 27 heavy (non-hydrogen) atoms. The van der Waals surface area contributed by atoms with Crippen LogP contribution in [-0.4, -0.2) is 27.1 Å². The van der Waals surface area contributed by atoms with Crippen molar-refractivity contribution in [1.82, 2.24) is 5.32 Å². The molecule has 9 heteroatoms. The molecule has 0 saturated carbocycles. The van der Waals surface area contributed by atoms with Crippen LogP contribution < -0.4 is 5.32 Å². The number of aromatic carboxylic acids is 1. The smallest absolute Gasteiger partial charge is 0.335 e. The highest BCUT2D eigenvalue weighted by Crippen LogP contribution is 2.31. The van der Waals surface area contributed by atoms with Gasteiger partial charge in [0.1, 0.15) is 0 Å². The minimum Gasteiger partial charge on any atom is -0.478 e. The van der Waals surface area contributed by atoms with Gasteiger partial charge in [-0.15, -0.1) is 0 Å². The normalized spacial score (nSPS) is 16.6. The summed E-state index contributed by atoms with van der Waals surface area (Å²) in [7, 11) is 0. The first kappa shape index (κ1) is 18.3. The number of thioether (sulfide) groups is 1. The van der Waals surface area contributed by atoms with Gasteiger partial charge in [0.2, 0.25) is 0 Å². The van der Waals surface area contributed by atoms with Gasteiger partial charge in [-0.05, 0) is 48.5 Å². The molecule has 1 amide bonds. The Kier molecular flexibility index (Phi) is 5.04. The molecule has 136 valence electrons. The number of amidine groups is 1. The molecule has 2 aromatic rings. The third-order valence-corrected chi connectivity index (χ3v) is 4.66. The van der Waals surface area contributed by atoms with Gasteiger partial charge in [-0.1, -0.05) is 18.2 Å². The number of rotatable bonds is 4. The number of carbonyl (C=O) groups is 2. The van der Waals surface area contributed by atoms with Gasteiger partial charge in [0, 0.05) is 6.07 Å². The molecule has 1 fully saturated rings. The molecule has 0 radical (unpaired) electrons. The van der Waals surface area contributed by atoms with Gasteiger partial charge in [-0.3, -0.25) is 14.9 Å². The third-order valence-electron chi connectivity index (χ3n) is 3.75. The van der Waals surface area contributed by atoms with E-state index in [1.54, 1.807) is 31.2 Å². The SMILES string of the molecule is Cc1ccc(C(=O)O)cc1N=C1NC(=O)/C(=C/c2ccccc2[N+](=O)[O-])S1. The molecule has 1 saturated heterocycles. The fourth-order valence-electron chi connectivity index (χ4n) is 2.37. The summed E-state index contributed by atoms with van der Waals surface area (Å²) in [5.41, 5.74) is 1.47. The predicted molar refractivity (Wildman–Crippen MR) is 102 cm³/mol. The molecular weight excluding hydrogens is 370 g/mol. The number of hydrogen-bond donors (Lipinski definition) is 2. The van der Waals surface area contributed by atoms with Crippen LogP contribution in [0, 0.1) is 17.0 Å². The molecule has 0 aromatic heterocycles. The Hall–Kier alpha value is -3.46. The van der Waals surface area contributed by atoms with E-state index in [1.165, 1.54) is 24.3 Å². The van der Waals surface area contributed by atoms with E-state index < -0.39 is 16.8 Å². The molecule has 0 atom stereocenters. The quantitative estimate of drug-likeness (QED) is 0.473. The Balaban J connectivity index is 1.93. The first-order chi connectivity index (χ1) is 12.8. The van der Waals surface area contributed by atoms with Gasteiger partial charge in [0.05, 0.1) is 26.6 Å². The average molecular weight is 383 g/mol. The van der Waals surface area contributed by atoms with Gasteiger partial charge in [0.25, 0.3) is 11.6 Å². The van der Waals surface area contributed by atoms with E-state index in [2.05, 4.69) is 10.3 Å². The average Bonchev–Trinajstić information content (AvgIpc) is 2.96. The highest BCUT2D eigenvalue weighted by molar-refractivity contribution is 8.18. The van der Waals surface area contributed by atoms with Crippen molar-refractivity contribution in [2.75, 3.05) is 0 Å². The molecule has 0 aliphatic carbocycles. The fraction of sp³-hybridized carbons (Fsp3) is 0.0556. The van der Waals surface area contributed by atoms with Crippen LogP contribution in [0.1, 0.15) is 21.5 Å². The zero-order valence-corrected chi connectivity index (χ0v) is 14.8. The summed E-state index contributed by atoms with van der Waals surface area (Å²) in [5.74, 6) is -1.50. The number of aliphatic imine (C=N–C) groups is 1. The van der Waals surface area contributed by atoms with Crippen LogP contribution in [-0.2, 0) is 4.79 Å². The van der Waals surface area contributed by atoms with Crippen molar-refractivity contribution < 1.29 is 19.6 Å². The highest BCUT2D eigenvalue weighted by atomic mass is 32.2. The van der Waals surface area contributed by atoms with Gasteiger partial charge in [0.15, 0.2) is 5.17 Å². The number of aryl methyl sites for hydroxylation is 1. The van der Waals surface area contributed by atoms with E-state index in [1.807, 2.05) is 0 Å². The standard InChI is InChI=1S/C18H13N3O5S/c1-10-6-7-12(17(23)24)8-13(10)19-18-20-16(22)15(27-18)9-11-4-2-3-5-14(11)21(25)26/h2-9H,1H3,(H,23,24)(H,19,20,22)/b15-9-. The number of amides is 1. The number of hydrogen-bond acceptors (Lipinski definition) is 6. The molecule has 2 aromatic carbocycles. The van der Waals surface area contributed by atoms with E-state index >= 15 is 0 Å². The number of nitrogens with zero attached hydrogens (tertiary/aromatic N) is 2. The lowest BCUT2D eigenvalue weighted by atomic mass is 10.1. The molecule has 1 aliphatic rings. The maximum Gasteiger partial charge on any atom is 0.335 e. The summed E-state index contributed by atoms with van der Waals surface area (Å²) in [6, 6.07) is 10.6. The lowest BCUT2D eigenvalue weighted by molar-refractivity contribution is -0.385. The maximum atomic E-state index is 12.2. The molecular formula is C18H13N3O5S. The molecule has 0 unspecified atom stereocenters. The second-order valence-corrected chi connectivity index (χ2v) is 6.63. The lowest BCUT2D eigenvalue weighted by Crippen LogP contribution is -2.19. The van der Waals surface area contributed by atoms with Crippen LogP contribution in [0.4, 0.5) is 11.4 Å². The number of nitro groups is 1. The predicted octanol–water partition coefficient (Wildman–Crippen LogP) is 3.49. The number of carboxylic acid groups (broad SMARTS) is 1. The van der Waals surface area contributed by atoms with Crippen molar-refractivity contribution in [2.45, 2.75) is 6.92 Å². The molecule has 0 spiro atoms. The largest absolute Gasteiger partial charge is 0.478 e. The summed E-state index contributed by atoms with van der Waals surface area (Å²) >= 11 is 1.03. The van der Waals surface area contributed by atoms with Crippen LogP contribution in [0.2, 0.25) is 0 Å². The Morgan fingerprint density at radius 1 is 1.30 bits per heavy atom. The zero-order chi connectivity index (χ0) is 19.6. The minimum atomic E-state index is -1.07. The van der Waals surface area contributed by atoms with Gasteiger partial charge >= 0.3 is 5.97 Å². The molecule has 3 rings (SSSR count). The molecule has 1 heterocycles. The Bertz CT molecular complexity index is 1030. The van der Waals surface area contributed by atoms with Crippen molar-refractivity contribution in [3.05, 3.63) is 74.2 Å². The Morgan fingerprint density at radius 2 is 2.04 bits per heavy atom. The van der Waals surface area contributed by atoms with Crippen molar-refractivity contribution in [3.8, 4) is 0 Å². The van der Waals surface area contributed by atoms with Crippen molar-refractivity contribution >= 4 is 46.3 Å². The van der Waals surface area contributed by atoms with E-state index in [-0.39, 0.29) is 21.3 Å². The second-order valence-electron chi connectivity index (χ2n) is 5.60. The topological polar surface area (TPSA) is 122 Å². The number of carboxylic acids is 1. The van der Waals surface area contributed by atoms with Crippen LogP contribution in [0.5, 0.6) is 0 Å². The summed E-state index contributed by atoms with van der Waals surface area (Å²) in [5, 5.41) is 23.1. The van der Waals surface area contributed by atoms with Crippen LogP contribution in [0.25, 0.3) is 6.08 Å². The van der Waals surface area contributed by atoms with E-state index in [9.17, 15) is 19.7 Å². The third kappa shape index (κ3) is 4.04. The van der Waals surface area contributed by atoms with Crippen molar-refractivity contribution in [3.63, 3.8) is 0 Å². The minimum absolute atomic E-state index is 0.0879. The summed E-state index contributed by atoms with van der Waals surface area (Å²) in [6.07, 6.45) is 1.43. The van der Waals surface area contributed by atoms with Crippen molar-refractivity contribution in [1.29, 1.82) is 0 Å². The molecule has 1 aliphatic heterocycles. The number of nitrogens with one attached hydrogen (secondary N) is 1. The van der Waals surface area contributed by atoms with Gasteiger partial charge < -0.3 is 10.4 Å². The van der Waals surface area contributed by atoms with Gasteiger partial charge in [-0.25, -0.2) is 9.79 Å². The van der Waals surface area contributed by atoms with E-state index in [4.69, 9.17) is 5.11 Å². The first-order valence-electron chi connectivity index (χ1n) is 7.72. The van der Waals surface area contributed by atoms with E-state index in [0.717, 1.165) is 17.3 Å².